The van der Waals surface area contributed by atoms with E-state index in [1.807, 2.05) is 6.92 Å². The SMILES string of the molecule is CCn1nnnc1SCc1cc(=O)n2cc(Cl)ccc2n1. The minimum absolute atomic E-state index is 0.159. The molecule has 0 aromatic carbocycles. The fourth-order valence-corrected chi connectivity index (χ4v) is 2.83. The molecule has 0 N–H and O–H groups in total. The molecule has 7 nitrogen and oxygen atoms in total. The van der Waals surface area contributed by atoms with Gasteiger partial charge in [-0.1, -0.05) is 23.4 Å². The van der Waals surface area contributed by atoms with Crippen LogP contribution < -0.4 is 5.56 Å². The summed E-state index contributed by atoms with van der Waals surface area (Å²) in [5.74, 6) is 0.523. The molecule has 3 rings (SSSR count). The monoisotopic (exact) mass is 322 g/mol. The number of aryl methyl sites for hydroxylation is 1. The predicted octanol–water partition coefficient (Wildman–Crippen LogP) is 1.65. The van der Waals surface area contributed by atoms with Crippen LogP contribution in [0.2, 0.25) is 5.02 Å². The molecule has 0 radical (unpaired) electrons. The van der Waals surface area contributed by atoms with E-state index in [4.69, 9.17) is 11.6 Å². The maximum atomic E-state index is 12.0. The first-order chi connectivity index (χ1) is 10.2. The van der Waals surface area contributed by atoms with Gasteiger partial charge in [-0.3, -0.25) is 9.20 Å². The van der Waals surface area contributed by atoms with Crippen LogP contribution in [0.25, 0.3) is 5.65 Å². The molecule has 3 heterocycles. The van der Waals surface area contributed by atoms with Crippen LogP contribution in [0.3, 0.4) is 0 Å². The molecule has 0 atom stereocenters. The summed E-state index contributed by atoms with van der Waals surface area (Å²) in [7, 11) is 0. The Hall–Kier alpha value is -1.93. The van der Waals surface area contributed by atoms with Crippen molar-refractivity contribution in [1.82, 2.24) is 29.6 Å². The third-order valence-corrected chi connectivity index (χ3v) is 4.04. The number of hydrogen-bond acceptors (Lipinski definition) is 6. The molecule has 3 aromatic heterocycles. The van der Waals surface area contributed by atoms with E-state index < -0.39 is 0 Å². The quantitative estimate of drug-likeness (QED) is 0.680. The van der Waals surface area contributed by atoms with Crippen molar-refractivity contribution < 1.29 is 0 Å². The average molecular weight is 323 g/mol. The Morgan fingerprint density at radius 1 is 1.38 bits per heavy atom. The lowest BCUT2D eigenvalue weighted by molar-refractivity contribution is 0.581. The number of halogens is 1. The normalized spacial score (nSPS) is 11.1. The highest BCUT2D eigenvalue weighted by atomic mass is 35.5. The van der Waals surface area contributed by atoms with Gasteiger partial charge in [-0.2, -0.15) is 0 Å². The van der Waals surface area contributed by atoms with Crippen LogP contribution in [0.5, 0.6) is 0 Å². The van der Waals surface area contributed by atoms with Gasteiger partial charge in [-0.25, -0.2) is 9.67 Å². The second kappa shape index (κ2) is 5.82. The van der Waals surface area contributed by atoms with Crippen molar-refractivity contribution in [3.05, 3.63) is 45.5 Å². The third kappa shape index (κ3) is 2.91. The molecular weight excluding hydrogens is 312 g/mol. The molecular formula is C12H11ClN6OS. The zero-order chi connectivity index (χ0) is 14.8. The Balaban J connectivity index is 1.88. The molecule has 108 valence electrons. The maximum absolute atomic E-state index is 12.0. The number of rotatable bonds is 4. The Bertz CT molecular complexity index is 845. The Labute approximate surface area is 129 Å². The number of pyridine rings is 1. The van der Waals surface area contributed by atoms with Crippen molar-refractivity contribution in [2.45, 2.75) is 24.4 Å². The van der Waals surface area contributed by atoms with Crippen molar-refractivity contribution in [3.63, 3.8) is 0 Å². The fraction of sp³-hybridized carbons (Fsp3) is 0.250. The van der Waals surface area contributed by atoms with Gasteiger partial charge >= 0.3 is 0 Å². The standard InChI is InChI=1S/C12H11ClN6OS/c1-2-19-12(15-16-17-19)21-7-9-5-11(20)18-6-8(13)3-4-10(18)14-9/h3-6H,2,7H2,1H3. The summed E-state index contributed by atoms with van der Waals surface area (Å²) in [5, 5.41) is 12.6. The van der Waals surface area contributed by atoms with Crippen LogP contribution in [-0.4, -0.2) is 29.6 Å². The molecule has 0 saturated carbocycles. The van der Waals surface area contributed by atoms with E-state index >= 15 is 0 Å². The van der Waals surface area contributed by atoms with Gasteiger partial charge < -0.3 is 0 Å². The molecule has 0 bridgehead atoms. The summed E-state index contributed by atoms with van der Waals surface area (Å²) in [6.45, 7) is 2.66. The van der Waals surface area contributed by atoms with Gasteiger partial charge in [0, 0.05) is 24.6 Å². The molecule has 0 unspecified atom stereocenters. The summed E-state index contributed by atoms with van der Waals surface area (Å²) >= 11 is 7.32. The van der Waals surface area contributed by atoms with E-state index in [-0.39, 0.29) is 5.56 Å². The fourth-order valence-electron chi connectivity index (χ4n) is 1.84. The minimum atomic E-state index is -0.159. The maximum Gasteiger partial charge on any atom is 0.258 e. The molecule has 0 aliphatic rings. The van der Waals surface area contributed by atoms with Crippen LogP contribution >= 0.6 is 23.4 Å². The number of tetrazole rings is 1. The smallest absolute Gasteiger partial charge is 0.258 e. The second-order valence-electron chi connectivity index (χ2n) is 4.23. The summed E-state index contributed by atoms with van der Waals surface area (Å²) in [6, 6.07) is 4.92. The van der Waals surface area contributed by atoms with Crippen molar-refractivity contribution in [3.8, 4) is 0 Å². The highest BCUT2D eigenvalue weighted by Crippen LogP contribution is 2.18. The first-order valence-corrected chi connectivity index (χ1v) is 7.60. The van der Waals surface area contributed by atoms with Gasteiger partial charge in [-0.05, 0) is 29.5 Å². The van der Waals surface area contributed by atoms with E-state index in [1.54, 1.807) is 23.0 Å². The van der Waals surface area contributed by atoms with Crippen LogP contribution in [0.15, 0.2) is 34.3 Å². The first-order valence-electron chi connectivity index (χ1n) is 6.24. The summed E-state index contributed by atoms with van der Waals surface area (Å²) in [6.07, 6.45) is 1.56. The third-order valence-electron chi connectivity index (χ3n) is 2.82. The number of hydrogen-bond donors (Lipinski definition) is 0. The summed E-state index contributed by atoms with van der Waals surface area (Å²) in [4.78, 5) is 16.5. The van der Waals surface area contributed by atoms with Gasteiger partial charge in [0.25, 0.3) is 5.56 Å². The lowest BCUT2D eigenvalue weighted by Crippen LogP contribution is -2.15. The zero-order valence-corrected chi connectivity index (χ0v) is 12.7. The van der Waals surface area contributed by atoms with Gasteiger partial charge in [0.1, 0.15) is 5.65 Å². The van der Waals surface area contributed by atoms with Crippen LogP contribution in [-0.2, 0) is 12.3 Å². The number of thioether (sulfide) groups is 1. The lowest BCUT2D eigenvalue weighted by atomic mass is 10.4. The minimum Gasteiger partial charge on any atom is -0.269 e. The summed E-state index contributed by atoms with van der Waals surface area (Å²) in [5.41, 5.74) is 1.09. The molecule has 0 amide bonds. The Morgan fingerprint density at radius 2 is 2.24 bits per heavy atom. The number of nitrogens with zero attached hydrogens (tertiary/aromatic N) is 6. The van der Waals surface area contributed by atoms with E-state index in [1.165, 1.54) is 22.2 Å². The van der Waals surface area contributed by atoms with Crippen molar-refractivity contribution in [1.29, 1.82) is 0 Å². The molecule has 0 aliphatic carbocycles. The highest BCUT2D eigenvalue weighted by Gasteiger charge is 2.08. The highest BCUT2D eigenvalue weighted by molar-refractivity contribution is 7.98. The summed E-state index contributed by atoms with van der Waals surface area (Å²) < 4.78 is 3.12. The Kier molecular flexibility index (Phi) is 3.89. The van der Waals surface area contributed by atoms with Gasteiger partial charge in [-0.15, -0.1) is 5.10 Å². The van der Waals surface area contributed by atoms with Crippen molar-refractivity contribution >= 4 is 29.0 Å². The lowest BCUT2D eigenvalue weighted by Gasteiger charge is -2.04. The van der Waals surface area contributed by atoms with E-state index in [2.05, 4.69) is 20.5 Å². The van der Waals surface area contributed by atoms with Gasteiger partial charge in [0.05, 0.1) is 10.7 Å². The number of aromatic nitrogens is 6. The molecule has 3 aromatic rings. The van der Waals surface area contributed by atoms with Gasteiger partial charge in [0.2, 0.25) is 5.16 Å². The Morgan fingerprint density at radius 3 is 3.05 bits per heavy atom. The molecule has 21 heavy (non-hydrogen) atoms. The second-order valence-corrected chi connectivity index (χ2v) is 5.61. The van der Waals surface area contributed by atoms with Crippen molar-refractivity contribution in [2.24, 2.45) is 0 Å². The van der Waals surface area contributed by atoms with Crippen molar-refractivity contribution in [2.75, 3.05) is 0 Å². The predicted molar refractivity (Wildman–Crippen MR) is 79.5 cm³/mol. The topological polar surface area (TPSA) is 78.0 Å². The van der Waals surface area contributed by atoms with Gasteiger partial charge in [0.15, 0.2) is 0 Å². The first kappa shape index (κ1) is 14.0. The average Bonchev–Trinajstić information content (AvgIpc) is 2.93. The molecule has 0 spiro atoms. The van der Waals surface area contributed by atoms with Crippen LogP contribution in [0.1, 0.15) is 12.6 Å². The molecule has 0 fully saturated rings. The largest absolute Gasteiger partial charge is 0.269 e. The van der Waals surface area contributed by atoms with Crippen LogP contribution in [0.4, 0.5) is 0 Å². The zero-order valence-electron chi connectivity index (χ0n) is 11.1. The van der Waals surface area contributed by atoms with E-state index in [9.17, 15) is 4.79 Å². The van der Waals surface area contributed by atoms with Crippen LogP contribution in [0, 0.1) is 0 Å². The van der Waals surface area contributed by atoms with E-state index in [0.29, 0.717) is 33.8 Å². The molecule has 0 aliphatic heterocycles. The van der Waals surface area contributed by atoms with E-state index in [0.717, 1.165) is 0 Å². The molecule has 0 saturated heterocycles. The molecule has 9 heteroatoms. The number of fused-ring (bicyclic) bond motifs is 1.